The van der Waals surface area contributed by atoms with Crippen LogP contribution in [0.4, 0.5) is 15.8 Å². The number of halogens is 1. The molecule has 0 atom stereocenters. The second kappa shape index (κ2) is 11.3. The first-order valence-corrected chi connectivity index (χ1v) is 13.3. The molecule has 3 aromatic rings. The Kier molecular flexibility index (Phi) is 7.64. The minimum atomic E-state index is -1.29. The van der Waals surface area contributed by atoms with E-state index in [9.17, 15) is 23.6 Å². The Bertz CT molecular complexity index is 1450. The number of nitrogens with one attached hydrogen (secondary N) is 1. The molecule has 5 rings (SSSR count). The summed E-state index contributed by atoms with van der Waals surface area (Å²) < 4.78 is 20.1. The van der Waals surface area contributed by atoms with Gasteiger partial charge in [-0.2, -0.15) is 0 Å². The third kappa shape index (κ3) is 5.06. The summed E-state index contributed by atoms with van der Waals surface area (Å²) in [6, 6.07) is 19.5. The normalized spacial score (nSPS) is 15.9. The van der Waals surface area contributed by atoms with E-state index in [1.54, 1.807) is 73.8 Å². The number of nitrogens with zero attached hydrogens (tertiary/aromatic N) is 2. The molecule has 1 aliphatic carbocycles. The molecule has 0 saturated heterocycles. The van der Waals surface area contributed by atoms with Crippen LogP contribution >= 0.6 is 0 Å². The number of anilines is 2. The van der Waals surface area contributed by atoms with Crippen molar-refractivity contribution in [2.24, 2.45) is 0 Å². The predicted octanol–water partition coefficient (Wildman–Crippen LogP) is 4.73. The molecule has 0 radical (unpaired) electrons. The maximum Gasteiger partial charge on any atom is 0.299 e. The maximum atomic E-state index is 14.9. The van der Waals surface area contributed by atoms with Crippen LogP contribution in [0.25, 0.3) is 0 Å². The highest BCUT2D eigenvalue weighted by atomic mass is 19.1. The summed E-state index contributed by atoms with van der Waals surface area (Å²) in [6.07, 6.45) is 3.03. The van der Waals surface area contributed by atoms with Crippen LogP contribution < -0.4 is 15.0 Å². The molecule has 2 aliphatic rings. The van der Waals surface area contributed by atoms with Gasteiger partial charge in [-0.15, -0.1) is 0 Å². The SMILES string of the molecule is COc1ccc(NC(=O)C2(N(Cc3ccccc3F)C(=O)CN3C(=O)C(=O)c4ccccc43)CCCCC2)cc1. The lowest BCUT2D eigenvalue weighted by Crippen LogP contribution is -2.61. The number of hydrogen-bond acceptors (Lipinski definition) is 5. The van der Waals surface area contributed by atoms with Crippen LogP contribution in [-0.2, 0) is 20.9 Å². The van der Waals surface area contributed by atoms with Gasteiger partial charge in [0.05, 0.1) is 18.4 Å². The highest BCUT2D eigenvalue weighted by molar-refractivity contribution is 6.52. The number of para-hydroxylation sites is 1. The topological polar surface area (TPSA) is 96.0 Å². The molecule has 1 N–H and O–H groups in total. The van der Waals surface area contributed by atoms with Crippen LogP contribution in [0.1, 0.15) is 48.0 Å². The van der Waals surface area contributed by atoms with Crippen LogP contribution in [0.5, 0.6) is 5.75 Å². The summed E-state index contributed by atoms with van der Waals surface area (Å²) in [4.78, 5) is 56.2. The molecule has 3 aromatic carbocycles. The Morgan fingerprint density at radius 3 is 2.33 bits per heavy atom. The van der Waals surface area contributed by atoms with Gasteiger partial charge in [0.2, 0.25) is 11.8 Å². The lowest BCUT2D eigenvalue weighted by Gasteiger charge is -2.45. The third-order valence-corrected chi connectivity index (χ3v) is 7.73. The Labute approximate surface area is 231 Å². The summed E-state index contributed by atoms with van der Waals surface area (Å²) in [5, 5.41) is 2.95. The van der Waals surface area contributed by atoms with Crippen molar-refractivity contribution >= 4 is 34.9 Å². The van der Waals surface area contributed by atoms with Gasteiger partial charge in [0.25, 0.3) is 11.7 Å². The monoisotopic (exact) mass is 543 g/mol. The summed E-state index contributed by atoms with van der Waals surface area (Å²) in [5.41, 5.74) is 0.0670. The first-order chi connectivity index (χ1) is 19.3. The Morgan fingerprint density at radius 1 is 0.950 bits per heavy atom. The lowest BCUT2D eigenvalue weighted by atomic mass is 9.78. The average Bonchev–Trinajstić information content (AvgIpc) is 3.22. The molecule has 1 aliphatic heterocycles. The number of methoxy groups -OCH3 is 1. The Balaban J connectivity index is 1.51. The fourth-order valence-electron chi connectivity index (χ4n) is 5.58. The highest BCUT2D eigenvalue weighted by Gasteiger charge is 2.48. The number of ether oxygens (including phenoxy) is 1. The number of hydrogen-bond donors (Lipinski definition) is 1. The smallest absolute Gasteiger partial charge is 0.299 e. The number of carbonyl (C=O) groups is 4. The van der Waals surface area contributed by atoms with E-state index in [0.29, 0.717) is 42.8 Å². The fourth-order valence-corrected chi connectivity index (χ4v) is 5.58. The summed E-state index contributed by atoms with van der Waals surface area (Å²) >= 11 is 0. The molecule has 3 amide bonds. The maximum absolute atomic E-state index is 14.9. The summed E-state index contributed by atoms with van der Waals surface area (Å²) in [5.74, 6) is -2.29. The van der Waals surface area contributed by atoms with E-state index < -0.39 is 35.5 Å². The van der Waals surface area contributed by atoms with Gasteiger partial charge in [0.15, 0.2) is 0 Å². The molecule has 1 fully saturated rings. The van der Waals surface area contributed by atoms with Gasteiger partial charge >= 0.3 is 0 Å². The van der Waals surface area contributed by atoms with Crippen LogP contribution in [0, 0.1) is 5.82 Å². The van der Waals surface area contributed by atoms with Crippen LogP contribution in [-0.4, -0.2) is 47.6 Å². The molecule has 0 unspecified atom stereocenters. The predicted molar refractivity (Wildman–Crippen MR) is 148 cm³/mol. The van der Waals surface area contributed by atoms with Crippen molar-refractivity contribution in [3.05, 3.63) is 89.7 Å². The van der Waals surface area contributed by atoms with Crippen molar-refractivity contribution in [2.75, 3.05) is 23.9 Å². The first kappa shape index (κ1) is 27.1. The number of rotatable bonds is 8. The lowest BCUT2D eigenvalue weighted by molar-refractivity contribution is -0.148. The van der Waals surface area contributed by atoms with E-state index in [-0.39, 0.29) is 23.6 Å². The first-order valence-electron chi connectivity index (χ1n) is 13.3. The second-order valence-corrected chi connectivity index (χ2v) is 10.1. The molecule has 0 spiro atoms. The number of fused-ring (bicyclic) bond motifs is 1. The standard InChI is InChI=1S/C31H30FN3O5/c1-40-23-15-13-22(14-16-23)33-30(39)31(17-7-2-8-18-31)35(19-21-9-3-5-11-25(21)32)27(36)20-34-26-12-6-4-10-24(26)28(37)29(34)38/h3-6,9-16H,2,7-8,17-20H2,1H3,(H,33,39). The molecule has 0 bridgehead atoms. The second-order valence-electron chi connectivity index (χ2n) is 10.1. The van der Waals surface area contributed by atoms with Gasteiger partial charge in [-0.25, -0.2) is 4.39 Å². The van der Waals surface area contributed by atoms with Crippen LogP contribution in [0.15, 0.2) is 72.8 Å². The van der Waals surface area contributed by atoms with E-state index in [1.807, 2.05) is 0 Å². The number of carbonyl (C=O) groups excluding carboxylic acids is 4. The zero-order chi connectivity index (χ0) is 28.3. The molecule has 8 nitrogen and oxygen atoms in total. The minimum Gasteiger partial charge on any atom is -0.497 e. The van der Waals surface area contributed by atoms with Crippen molar-refractivity contribution < 1.29 is 28.3 Å². The highest BCUT2D eigenvalue weighted by Crippen LogP contribution is 2.37. The van der Waals surface area contributed by atoms with E-state index in [2.05, 4.69) is 5.32 Å². The third-order valence-electron chi connectivity index (χ3n) is 7.73. The molecule has 1 saturated carbocycles. The van der Waals surface area contributed by atoms with Crippen molar-refractivity contribution in [3.63, 3.8) is 0 Å². The molecule has 206 valence electrons. The zero-order valence-electron chi connectivity index (χ0n) is 22.2. The molecule has 9 heteroatoms. The van der Waals surface area contributed by atoms with Crippen LogP contribution in [0.3, 0.4) is 0 Å². The number of benzene rings is 3. The minimum absolute atomic E-state index is 0.167. The van der Waals surface area contributed by atoms with Gasteiger partial charge in [-0.3, -0.25) is 24.1 Å². The molecular formula is C31H30FN3O5. The van der Waals surface area contributed by atoms with Crippen LogP contribution in [0.2, 0.25) is 0 Å². The van der Waals surface area contributed by atoms with Crippen molar-refractivity contribution in [2.45, 2.75) is 44.2 Å². The van der Waals surface area contributed by atoms with Crippen molar-refractivity contribution in [1.29, 1.82) is 0 Å². The Morgan fingerprint density at radius 2 is 1.62 bits per heavy atom. The van der Waals surface area contributed by atoms with Crippen molar-refractivity contribution in [1.82, 2.24) is 4.90 Å². The average molecular weight is 544 g/mol. The number of Topliss-reactive ketones (excluding diaryl/α,β-unsaturated/α-hetero) is 1. The van der Waals surface area contributed by atoms with Gasteiger partial charge in [-0.1, -0.05) is 49.6 Å². The Hall–Kier alpha value is -4.53. The molecule has 0 aromatic heterocycles. The van der Waals surface area contributed by atoms with Crippen molar-refractivity contribution in [3.8, 4) is 5.75 Å². The number of ketones is 1. The van der Waals surface area contributed by atoms with Gasteiger partial charge < -0.3 is 15.0 Å². The van der Waals surface area contributed by atoms with Gasteiger partial charge in [-0.05, 0) is 55.3 Å². The summed E-state index contributed by atoms with van der Waals surface area (Å²) in [7, 11) is 1.55. The largest absolute Gasteiger partial charge is 0.497 e. The van der Waals surface area contributed by atoms with E-state index in [4.69, 9.17) is 4.74 Å². The molecule has 40 heavy (non-hydrogen) atoms. The zero-order valence-corrected chi connectivity index (χ0v) is 22.2. The summed E-state index contributed by atoms with van der Waals surface area (Å²) in [6.45, 7) is -0.618. The van der Waals surface area contributed by atoms with Gasteiger partial charge in [0, 0.05) is 17.8 Å². The molecular weight excluding hydrogens is 513 g/mol. The van der Waals surface area contributed by atoms with E-state index >= 15 is 0 Å². The van der Waals surface area contributed by atoms with E-state index in [0.717, 1.165) is 11.3 Å². The number of amides is 3. The fraction of sp³-hybridized carbons (Fsp3) is 0.290. The quantitative estimate of drug-likeness (QED) is 0.415. The molecule has 1 heterocycles. The van der Waals surface area contributed by atoms with E-state index in [1.165, 1.54) is 11.0 Å². The van der Waals surface area contributed by atoms with Gasteiger partial charge in [0.1, 0.15) is 23.7 Å².